The lowest BCUT2D eigenvalue weighted by Gasteiger charge is -2.09. The van der Waals surface area contributed by atoms with Crippen molar-refractivity contribution in [1.82, 2.24) is 5.32 Å². The Kier molecular flexibility index (Phi) is 3.90. The lowest BCUT2D eigenvalue weighted by molar-refractivity contribution is 0.0695. The van der Waals surface area contributed by atoms with Crippen molar-refractivity contribution in [3.8, 4) is 12.3 Å². The van der Waals surface area contributed by atoms with E-state index in [4.69, 9.17) is 11.5 Å². The second-order valence-corrected chi connectivity index (χ2v) is 3.23. The molecule has 15 heavy (non-hydrogen) atoms. The van der Waals surface area contributed by atoms with Crippen molar-refractivity contribution in [2.24, 2.45) is 0 Å². The summed E-state index contributed by atoms with van der Waals surface area (Å²) in [5.74, 6) is 1.61. The first-order chi connectivity index (χ1) is 7.15. The van der Waals surface area contributed by atoms with Crippen molar-refractivity contribution in [2.75, 3.05) is 0 Å². The maximum absolute atomic E-state index is 10.9. The number of nitrogens with one attached hydrogen (secondary N) is 1. The van der Waals surface area contributed by atoms with Crippen LogP contribution in [0.15, 0.2) is 24.3 Å². The second kappa shape index (κ2) is 5.18. The van der Waals surface area contributed by atoms with E-state index in [0.717, 1.165) is 5.56 Å². The number of carboxylic acids is 1. The summed E-state index contributed by atoms with van der Waals surface area (Å²) in [6.45, 7) is 2.32. The van der Waals surface area contributed by atoms with Crippen LogP contribution in [0.3, 0.4) is 0 Å². The van der Waals surface area contributed by atoms with Gasteiger partial charge in [-0.1, -0.05) is 24.1 Å². The average Bonchev–Trinajstić information content (AvgIpc) is 2.26. The van der Waals surface area contributed by atoms with Crippen molar-refractivity contribution in [2.45, 2.75) is 19.5 Å². The van der Waals surface area contributed by atoms with Gasteiger partial charge in [0.15, 0.2) is 0 Å². The molecule has 3 heteroatoms. The zero-order valence-electron chi connectivity index (χ0n) is 8.53. The third kappa shape index (κ3) is 3.12. The van der Waals surface area contributed by atoms with Gasteiger partial charge in [-0.25, -0.2) is 4.79 Å². The van der Waals surface area contributed by atoms with E-state index in [9.17, 15) is 4.79 Å². The molecular weight excluding hydrogens is 190 g/mol. The molecule has 1 aromatic carbocycles. The molecule has 3 nitrogen and oxygen atoms in total. The van der Waals surface area contributed by atoms with E-state index in [1.807, 2.05) is 13.0 Å². The molecule has 0 aromatic heterocycles. The summed E-state index contributed by atoms with van der Waals surface area (Å²) in [4.78, 5) is 10.9. The van der Waals surface area contributed by atoms with Crippen LogP contribution in [0.25, 0.3) is 0 Å². The topological polar surface area (TPSA) is 49.3 Å². The number of carboxylic acid groups (broad SMARTS) is 1. The number of aromatic carboxylic acids is 1. The molecule has 0 amide bonds. The summed E-state index contributed by atoms with van der Waals surface area (Å²) in [6, 6.07) is 6.81. The molecule has 0 fully saturated rings. The first-order valence-corrected chi connectivity index (χ1v) is 4.66. The molecule has 1 atom stereocenters. The Morgan fingerprint density at radius 3 is 2.87 bits per heavy atom. The smallest absolute Gasteiger partial charge is 0.336 e. The van der Waals surface area contributed by atoms with E-state index >= 15 is 0 Å². The Bertz CT molecular complexity index is 393. The zero-order chi connectivity index (χ0) is 11.3. The first-order valence-electron chi connectivity index (χ1n) is 4.66. The van der Waals surface area contributed by atoms with E-state index in [1.54, 1.807) is 18.2 Å². The van der Waals surface area contributed by atoms with Crippen LogP contribution in [0, 0.1) is 12.3 Å². The van der Waals surface area contributed by atoms with Gasteiger partial charge in [-0.05, 0) is 18.6 Å². The van der Waals surface area contributed by atoms with Crippen molar-refractivity contribution in [3.05, 3.63) is 35.4 Å². The highest BCUT2D eigenvalue weighted by molar-refractivity contribution is 5.89. The largest absolute Gasteiger partial charge is 0.478 e. The van der Waals surface area contributed by atoms with Gasteiger partial charge >= 0.3 is 5.97 Å². The van der Waals surface area contributed by atoms with Crippen LogP contribution in [-0.4, -0.2) is 17.1 Å². The van der Waals surface area contributed by atoms with Crippen LogP contribution >= 0.6 is 0 Å². The van der Waals surface area contributed by atoms with Gasteiger partial charge < -0.3 is 5.11 Å². The van der Waals surface area contributed by atoms with Gasteiger partial charge in [0.05, 0.1) is 11.6 Å². The van der Waals surface area contributed by atoms with Gasteiger partial charge in [-0.15, -0.1) is 6.42 Å². The molecular formula is C12H13NO2. The minimum atomic E-state index is -0.916. The molecule has 0 aliphatic carbocycles. The quantitative estimate of drug-likeness (QED) is 0.729. The third-order valence-electron chi connectivity index (χ3n) is 2.10. The highest BCUT2D eigenvalue weighted by atomic mass is 16.4. The Hall–Kier alpha value is -1.79. The molecule has 0 saturated carbocycles. The lowest BCUT2D eigenvalue weighted by Crippen LogP contribution is -2.24. The summed E-state index contributed by atoms with van der Waals surface area (Å²) in [5.41, 5.74) is 1.06. The van der Waals surface area contributed by atoms with E-state index in [1.165, 1.54) is 0 Å². The van der Waals surface area contributed by atoms with E-state index in [2.05, 4.69) is 11.2 Å². The summed E-state index contributed by atoms with van der Waals surface area (Å²) < 4.78 is 0. The van der Waals surface area contributed by atoms with Crippen LogP contribution in [0.1, 0.15) is 22.8 Å². The molecule has 78 valence electrons. The van der Waals surface area contributed by atoms with Gasteiger partial charge in [0.2, 0.25) is 0 Å². The number of rotatable bonds is 4. The van der Waals surface area contributed by atoms with Crippen LogP contribution in [0.4, 0.5) is 0 Å². The Morgan fingerprint density at radius 2 is 2.27 bits per heavy atom. The molecule has 0 radical (unpaired) electrons. The monoisotopic (exact) mass is 203 g/mol. The highest BCUT2D eigenvalue weighted by Crippen LogP contribution is 2.08. The maximum atomic E-state index is 10.9. The number of hydrogen-bond donors (Lipinski definition) is 2. The SMILES string of the molecule is C#CC(C)NCc1ccccc1C(=O)O. The normalized spacial score (nSPS) is 11.7. The van der Waals surface area contributed by atoms with Gasteiger partial charge in [-0.3, -0.25) is 5.32 Å². The van der Waals surface area contributed by atoms with Crippen molar-refractivity contribution >= 4 is 5.97 Å². The fourth-order valence-corrected chi connectivity index (χ4v) is 1.21. The molecule has 0 aliphatic heterocycles. The minimum Gasteiger partial charge on any atom is -0.478 e. The van der Waals surface area contributed by atoms with Crippen LogP contribution < -0.4 is 5.32 Å². The average molecular weight is 203 g/mol. The summed E-state index contributed by atoms with van der Waals surface area (Å²) in [5, 5.41) is 12.0. The van der Waals surface area contributed by atoms with Crippen molar-refractivity contribution in [1.29, 1.82) is 0 Å². The van der Waals surface area contributed by atoms with E-state index in [0.29, 0.717) is 12.1 Å². The molecule has 0 heterocycles. The molecule has 0 bridgehead atoms. The molecule has 1 unspecified atom stereocenters. The first kappa shape index (κ1) is 11.3. The van der Waals surface area contributed by atoms with Gasteiger partial charge in [0, 0.05) is 6.54 Å². The standard InChI is InChI=1S/C12H13NO2/c1-3-9(2)13-8-10-6-4-5-7-11(10)12(14)15/h1,4-7,9,13H,8H2,2H3,(H,14,15). The number of carbonyl (C=O) groups is 1. The molecule has 1 rings (SSSR count). The fraction of sp³-hybridized carbons (Fsp3) is 0.250. The van der Waals surface area contributed by atoms with Crippen molar-refractivity contribution < 1.29 is 9.90 Å². The Balaban J connectivity index is 2.77. The Labute approximate surface area is 89.1 Å². The van der Waals surface area contributed by atoms with Gasteiger partial charge in [0.1, 0.15) is 0 Å². The zero-order valence-corrected chi connectivity index (χ0v) is 8.53. The van der Waals surface area contributed by atoms with Crippen LogP contribution in [-0.2, 0) is 6.54 Å². The summed E-state index contributed by atoms with van der Waals surface area (Å²) in [6.07, 6.45) is 5.21. The molecule has 2 N–H and O–H groups in total. The molecule has 0 aliphatic rings. The van der Waals surface area contributed by atoms with E-state index < -0.39 is 5.97 Å². The Morgan fingerprint density at radius 1 is 1.60 bits per heavy atom. The van der Waals surface area contributed by atoms with E-state index in [-0.39, 0.29) is 6.04 Å². The van der Waals surface area contributed by atoms with Crippen LogP contribution in [0.2, 0.25) is 0 Å². The molecule has 0 spiro atoms. The predicted octanol–water partition coefficient (Wildman–Crippen LogP) is 1.50. The number of hydrogen-bond acceptors (Lipinski definition) is 2. The fourth-order valence-electron chi connectivity index (χ4n) is 1.21. The third-order valence-corrected chi connectivity index (χ3v) is 2.10. The molecule has 0 saturated heterocycles. The van der Waals surface area contributed by atoms with Gasteiger partial charge in [-0.2, -0.15) is 0 Å². The maximum Gasteiger partial charge on any atom is 0.336 e. The minimum absolute atomic E-state index is 0.0631. The van der Waals surface area contributed by atoms with Gasteiger partial charge in [0.25, 0.3) is 0 Å². The second-order valence-electron chi connectivity index (χ2n) is 3.23. The number of benzene rings is 1. The summed E-state index contributed by atoms with van der Waals surface area (Å²) >= 11 is 0. The summed E-state index contributed by atoms with van der Waals surface area (Å²) in [7, 11) is 0. The molecule has 1 aromatic rings. The lowest BCUT2D eigenvalue weighted by atomic mass is 10.1. The van der Waals surface area contributed by atoms with Crippen LogP contribution in [0.5, 0.6) is 0 Å². The van der Waals surface area contributed by atoms with Crippen molar-refractivity contribution in [3.63, 3.8) is 0 Å². The predicted molar refractivity (Wildman–Crippen MR) is 58.5 cm³/mol. The number of terminal acetylenes is 1. The highest BCUT2D eigenvalue weighted by Gasteiger charge is 2.08.